The van der Waals surface area contributed by atoms with Crippen molar-refractivity contribution in [3.05, 3.63) is 42.6 Å². The smallest absolute Gasteiger partial charge is 0.291 e. The van der Waals surface area contributed by atoms with E-state index < -0.39 is 0 Å². The Morgan fingerprint density at radius 3 is 3.11 bits per heavy atom. The fourth-order valence-corrected chi connectivity index (χ4v) is 2.42. The molecule has 0 unspecified atom stereocenters. The maximum Gasteiger partial charge on any atom is 0.291 e. The van der Waals surface area contributed by atoms with E-state index in [1.165, 1.54) is 12.6 Å². The number of hydrogen-bond acceptors (Lipinski definition) is 5. The van der Waals surface area contributed by atoms with Crippen LogP contribution in [0.5, 0.6) is 0 Å². The lowest BCUT2D eigenvalue weighted by molar-refractivity contribution is 0.0673. The molecule has 6 heteroatoms. The number of rotatable bonds is 2. The van der Waals surface area contributed by atoms with Gasteiger partial charge in [-0.15, -0.1) is 0 Å². The summed E-state index contributed by atoms with van der Waals surface area (Å²) >= 11 is 0. The van der Waals surface area contributed by atoms with E-state index >= 15 is 0 Å². The predicted octanol–water partition coefficient (Wildman–Crippen LogP) is 1.48. The number of carbonyl (C=O) groups is 1. The molecule has 0 aliphatic carbocycles. The van der Waals surface area contributed by atoms with Crippen LogP contribution >= 0.6 is 0 Å². The first kappa shape index (κ1) is 11.8. The Hall–Kier alpha value is -2.24. The van der Waals surface area contributed by atoms with Gasteiger partial charge in [-0.3, -0.25) is 4.79 Å². The molecule has 6 nitrogen and oxygen atoms in total. The van der Waals surface area contributed by atoms with Crippen LogP contribution in [0.1, 0.15) is 35.0 Å². The van der Waals surface area contributed by atoms with Crippen molar-refractivity contribution in [2.75, 3.05) is 13.1 Å². The second-order valence-corrected chi connectivity index (χ2v) is 4.59. The Balaban J connectivity index is 1.73. The molecule has 1 atom stereocenters. The number of nitrogens with zero attached hydrogens (tertiary/aromatic N) is 4. The number of carbonyl (C=O) groups excluding carboxylic acids is 1. The lowest BCUT2D eigenvalue weighted by Crippen LogP contribution is -2.39. The fraction of sp³-hybridized carbons (Fsp3) is 0.385. The molecule has 3 heterocycles. The van der Waals surface area contributed by atoms with Gasteiger partial charge in [0.15, 0.2) is 6.39 Å². The summed E-state index contributed by atoms with van der Waals surface area (Å²) in [6.45, 7) is 1.41. The minimum Gasteiger partial charge on any atom is -0.438 e. The molecule has 0 aromatic carbocycles. The molecule has 1 fully saturated rings. The van der Waals surface area contributed by atoms with Crippen molar-refractivity contribution in [1.29, 1.82) is 0 Å². The van der Waals surface area contributed by atoms with Crippen molar-refractivity contribution < 1.29 is 9.21 Å². The molecule has 98 valence electrons. The summed E-state index contributed by atoms with van der Waals surface area (Å²) in [6.07, 6.45) is 8.02. The lowest BCUT2D eigenvalue weighted by Gasteiger charge is -2.31. The zero-order valence-electron chi connectivity index (χ0n) is 10.4. The standard InChI is InChI=1S/C13H14N4O2/c18-13(12-6-15-9-19-12)17-5-1-2-10(7-17)11-3-4-14-8-16-11/h3-4,6,8-10H,1-2,5,7H2/t10-/m1/s1. The quantitative estimate of drug-likeness (QED) is 0.816. The van der Waals surface area contributed by atoms with Crippen LogP contribution < -0.4 is 0 Å². The normalized spacial score (nSPS) is 19.4. The van der Waals surface area contributed by atoms with Crippen LogP contribution in [0.25, 0.3) is 0 Å². The molecule has 1 aliphatic rings. The van der Waals surface area contributed by atoms with Gasteiger partial charge >= 0.3 is 0 Å². The third-order valence-electron chi connectivity index (χ3n) is 3.37. The molecule has 19 heavy (non-hydrogen) atoms. The number of piperidine rings is 1. The van der Waals surface area contributed by atoms with Crippen molar-refractivity contribution >= 4 is 5.91 Å². The van der Waals surface area contributed by atoms with Gasteiger partial charge in [0.2, 0.25) is 5.76 Å². The monoisotopic (exact) mass is 258 g/mol. The summed E-state index contributed by atoms with van der Waals surface area (Å²) in [5.74, 6) is 0.461. The molecule has 2 aromatic heterocycles. The first-order valence-electron chi connectivity index (χ1n) is 6.28. The minimum atomic E-state index is -0.101. The fourth-order valence-electron chi connectivity index (χ4n) is 2.42. The molecular weight excluding hydrogens is 244 g/mol. The van der Waals surface area contributed by atoms with Crippen LogP contribution in [-0.2, 0) is 0 Å². The number of hydrogen-bond donors (Lipinski definition) is 0. The molecule has 3 rings (SSSR count). The van der Waals surface area contributed by atoms with Crippen molar-refractivity contribution in [3.63, 3.8) is 0 Å². The van der Waals surface area contributed by atoms with Crippen LogP contribution in [-0.4, -0.2) is 38.8 Å². The molecule has 0 spiro atoms. The van der Waals surface area contributed by atoms with Crippen LogP contribution in [0.4, 0.5) is 0 Å². The van der Waals surface area contributed by atoms with Gasteiger partial charge in [-0.05, 0) is 18.9 Å². The maximum atomic E-state index is 12.2. The summed E-state index contributed by atoms with van der Waals surface area (Å²) in [7, 11) is 0. The van der Waals surface area contributed by atoms with E-state index in [2.05, 4.69) is 15.0 Å². The zero-order valence-corrected chi connectivity index (χ0v) is 10.4. The summed E-state index contributed by atoms with van der Waals surface area (Å²) < 4.78 is 5.06. The molecule has 0 saturated carbocycles. The topological polar surface area (TPSA) is 72.1 Å². The van der Waals surface area contributed by atoms with E-state index in [4.69, 9.17) is 4.42 Å². The summed E-state index contributed by atoms with van der Waals surface area (Å²) in [5.41, 5.74) is 0.991. The van der Waals surface area contributed by atoms with Crippen molar-refractivity contribution in [1.82, 2.24) is 19.9 Å². The van der Waals surface area contributed by atoms with Crippen molar-refractivity contribution in [2.24, 2.45) is 0 Å². The highest BCUT2D eigenvalue weighted by molar-refractivity contribution is 5.91. The van der Waals surface area contributed by atoms with Gasteiger partial charge in [-0.25, -0.2) is 15.0 Å². The minimum absolute atomic E-state index is 0.101. The van der Waals surface area contributed by atoms with Crippen LogP contribution in [0.2, 0.25) is 0 Å². The highest BCUT2D eigenvalue weighted by atomic mass is 16.3. The van der Waals surface area contributed by atoms with E-state index in [0.29, 0.717) is 12.3 Å². The Kier molecular flexibility index (Phi) is 3.22. The van der Waals surface area contributed by atoms with Gasteiger partial charge < -0.3 is 9.32 Å². The number of oxazole rings is 1. The first-order chi connectivity index (χ1) is 9.34. The number of amides is 1. The van der Waals surface area contributed by atoms with E-state index in [-0.39, 0.29) is 11.8 Å². The van der Waals surface area contributed by atoms with Gasteiger partial charge in [-0.2, -0.15) is 0 Å². The molecule has 2 aromatic rings. The average molecular weight is 258 g/mol. The van der Waals surface area contributed by atoms with E-state index in [9.17, 15) is 4.79 Å². The van der Waals surface area contributed by atoms with E-state index in [0.717, 1.165) is 25.1 Å². The molecule has 1 aliphatic heterocycles. The van der Waals surface area contributed by atoms with E-state index in [1.54, 1.807) is 17.4 Å². The second kappa shape index (κ2) is 5.17. The third-order valence-corrected chi connectivity index (χ3v) is 3.37. The molecule has 0 N–H and O–H groups in total. The van der Waals surface area contributed by atoms with Gasteiger partial charge in [0.05, 0.1) is 6.20 Å². The van der Waals surface area contributed by atoms with Crippen LogP contribution in [0.15, 0.2) is 35.6 Å². The first-order valence-corrected chi connectivity index (χ1v) is 6.28. The molecule has 0 bridgehead atoms. The maximum absolute atomic E-state index is 12.2. The number of aromatic nitrogens is 3. The molecule has 0 radical (unpaired) electrons. The van der Waals surface area contributed by atoms with Crippen LogP contribution in [0.3, 0.4) is 0 Å². The molecule has 1 saturated heterocycles. The third kappa shape index (κ3) is 2.47. The molecule has 1 amide bonds. The highest BCUT2D eigenvalue weighted by Crippen LogP contribution is 2.25. The Bertz CT molecular complexity index is 541. The van der Waals surface area contributed by atoms with Crippen molar-refractivity contribution in [3.8, 4) is 0 Å². The highest BCUT2D eigenvalue weighted by Gasteiger charge is 2.27. The Labute approximate surface area is 110 Å². The Morgan fingerprint density at radius 2 is 2.37 bits per heavy atom. The second-order valence-electron chi connectivity index (χ2n) is 4.59. The SMILES string of the molecule is O=C(c1cnco1)N1CCC[C@@H](c2ccncn2)C1. The van der Waals surface area contributed by atoms with Gasteiger partial charge in [0.25, 0.3) is 5.91 Å². The van der Waals surface area contributed by atoms with Crippen LogP contribution in [0, 0.1) is 0 Å². The predicted molar refractivity (Wildman–Crippen MR) is 66.4 cm³/mol. The van der Waals surface area contributed by atoms with Gasteiger partial charge in [0, 0.05) is 30.9 Å². The number of likely N-dealkylation sites (tertiary alicyclic amines) is 1. The zero-order chi connectivity index (χ0) is 13.1. The summed E-state index contributed by atoms with van der Waals surface area (Å²) in [5, 5.41) is 0. The van der Waals surface area contributed by atoms with Gasteiger partial charge in [0.1, 0.15) is 6.33 Å². The summed E-state index contributed by atoms with van der Waals surface area (Å²) in [6, 6.07) is 1.91. The average Bonchev–Trinajstić information content (AvgIpc) is 3.02. The van der Waals surface area contributed by atoms with Gasteiger partial charge in [-0.1, -0.05) is 0 Å². The Morgan fingerprint density at radius 1 is 1.42 bits per heavy atom. The largest absolute Gasteiger partial charge is 0.438 e. The lowest BCUT2D eigenvalue weighted by atomic mass is 9.94. The van der Waals surface area contributed by atoms with E-state index in [1.807, 2.05) is 6.07 Å². The van der Waals surface area contributed by atoms with Crippen molar-refractivity contribution in [2.45, 2.75) is 18.8 Å². The molecular formula is C13H14N4O2. The summed E-state index contributed by atoms with van der Waals surface area (Å²) in [4.78, 5) is 26.0.